The molecule has 2 N–H and O–H groups in total. The predicted octanol–water partition coefficient (Wildman–Crippen LogP) is 3.51. The lowest BCUT2D eigenvalue weighted by Crippen LogP contribution is -2.33. The molecule has 0 bridgehead atoms. The van der Waals surface area contributed by atoms with Crippen molar-refractivity contribution in [2.75, 3.05) is 18.4 Å². The highest BCUT2D eigenvalue weighted by Crippen LogP contribution is 2.17. The van der Waals surface area contributed by atoms with Gasteiger partial charge in [-0.25, -0.2) is 4.98 Å². The minimum absolute atomic E-state index is 0.0951. The molecule has 1 amide bonds. The highest BCUT2D eigenvalue weighted by atomic mass is 16.2. The highest BCUT2D eigenvalue weighted by Gasteiger charge is 2.12. The second-order valence-corrected chi connectivity index (χ2v) is 7.16. The minimum Gasteiger partial charge on any atom is -0.325 e. The monoisotopic (exact) mass is 378 g/mol. The van der Waals surface area contributed by atoms with Crippen LogP contribution in [0, 0.1) is 0 Å². The van der Waals surface area contributed by atoms with Gasteiger partial charge >= 0.3 is 0 Å². The number of likely N-dealkylation sites (N-methyl/N-ethyl adjacent to an activating group) is 1. The van der Waals surface area contributed by atoms with Crippen molar-refractivity contribution in [3.8, 4) is 0 Å². The van der Waals surface area contributed by atoms with Gasteiger partial charge in [-0.15, -0.1) is 0 Å². The van der Waals surface area contributed by atoms with Crippen molar-refractivity contribution in [3.63, 3.8) is 0 Å². The van der Waals surface area contributed by atoms with Gasteiger partial charge in [-0.1, -0.05) is 45.0 Å². The number of nitrogens with one attached hydrogen (secondary N) is 2. The molecule has 0 aliphatic rings. The average molecular weight is 378 g/mol. The lowest BCUT2D eigenvalue weighted by molar-refractivity contribution is -0.117. The van der Waals surface area contributed by atoms with Crippen LogP contribution >= 0.6 is 0 Å². The Morgan fingerprint density at radius 2 is 1.86 bits per heavy atom. The van der Waals surface area contributed by atoms with E-state index < -0.39 is 0 Å². The SMILES string of the molecule is CCN(CC(=O)Nc1ccc(C(C)C)cc1)Cc1nc2ccccc2c(=O)[nH]1. The van der Waals surface area contributed by atoms with Crippen LogP contribution in [-0.2, 0) is 11.3 Å². The molecule has 0 radical (unpaired) electrons. The van der Waals surface area contributed by atoms with E-state index in [2.05, 4.69) is 29.1 Å². The van der Waals surface area contributed by atoms with E-state index in [1.54, 1.807) is 6.07 Å². The number of nitrogens with zero attached hydrogens (tertiary/aromatic N) is 2. The third-order valence-corrected chi connectivity index (χ3v) is 4.71. The molecule has 1 aromatic heterocycles. The van der Waals surface area contributed by atoms with E-state index in [0.29, 0.717) is 35.7 Å². The van der Waals surface area contributed by atoms with Crippen molar-refractivity contribution in [2.45, 2.75) is 33.2 Å². The van der Waals surface area contributed by atoms with E-state index in [0.717, 1.165) is 5.69 Å². The summed E-state index contributed by atoms with van der Waals surface area (Å²) in [6.45, 7) is 7.53. The van der Waals surface area contributed by atoms with Gasteiger partial charge in [0.15, 0.2) is 0 Å². The van der Waals surface area contributed by atoms with Crippen LogP contribution in [0.5, 0.6) is 0 Å². The van der Waals surface area contributed by atoms with Gasteiger partial charge in [-0.05, 0) is 42.3 Å². The van der Waals surface area contributed by atoms with Crippen LogP contribution in [-0.4, -0.2) is 33.9 Å². The molecule has 146 valence electrons. The van der Waals surface area contributed by atoms with Gasteiger partial charge in [-0.2, -0.15) is 0 Å². The third kappa shape index (κ3) is 4.84. The second-order valence-electron chi connectivity index (χ2n) is 7.16. The molecule has 6 heteroatoms. The van der Waals surface area contributed by atoms with E-state index in [1.807, 2.05) is 54.3 Å². The molecule has 3 aromatic rings. The summed E-state index contributed by atoms with van der Waals surface area (Å²) in [6, 6.07) is 15.1. The number of hydrogen-bond acceptors (Lipinski definition) is 4. The summed E-state index contributed by atoms with van der Waals surface area (Å²) < 4.78 is 0. The molecule has 2 aromatic carbocycles. The fourth-order valence-corrected chi connectivity index (χ4v) is 3.06. The first-order chi connectivity index (χ1) is 13.5. The Bertz CT molecular complexity index is 1010. The Morgan fingerprint density at radius 3 is 2.54 bits per heavy atom. The molecule has 28 heavy (non-hydrogen) atoms. The van der Waals surface area contributed by atoms with Gasteiger partial charge in [0, 0.05) is 5.69 Å². The van der Waals surface area contributed by atoms with E-state index in [4.69, 9.17) is 0 Å². The van der Waals surface area contributed by atoms with Crippen molar-refractivity contribution in [2.24, 2.45) is 0 Å². The predicted molar refractivity (Wildman–Crippen MR) is 112 cm³/mol. The zero-order valence-corrected chi connectivity index (χ0v) is 16.5. The summed E-state index contributed by atoms with van der Waals surface area (Å²) in [6.07, 6.45) is 0. The normalized spacial score (nSPS) is 11.3. The maximum absolute atomic E-state index is 12.4. The van der Waals surface area contributed by atoms with Crippen LogP contribution in [0.15, 0.2) is 53.3 Å². The van der Waals surface area contributed by atoms with Gasteiger partial charge < -0.3 is 10.3 Å². The third-order valence-electron chi connectivity index (χ3n) is 4.71. The molecule has 0 atom stereocenters. The molecule has 3 rings (SSSR count). The summed E-state index contributed by atoms with van der Waals surface area (Å²) in [5.41, 5.74) is 2.51. The number of rotatable bonds is 7. The van der Waals surface area contributed by atoms with Crippen LogP contribution in [0.3, 0.4) is 0 Å². The highest BCUT2D eigenvalue weighted by molar-refractivity contribution is 5.92. The maximum atomic E-state index is 12.4. The van der Waals surface area contributed by atoms with Gasteiger partial charge in [-0.3, -0.25) is 14.5 Å². The molecule has 0 spiro atoms. The number of H-pyrrole nitrogens is 1. The first-order valence-electron chi connectivity index (χ1n) is 9.56. The van der Waals surface area contributed by atoms with Crippen LogP contribution in [0.25, 0.3) is 10.9 Å². The Morgan fingerprint density at radius 1 is 1.14 bits per heavy atom. The summed E-state index contributed by atoms with van der Waals surface area (Å²) in [5.74, 6) is 0.916. The number of carbonyl (C=O) groups excluding carboxylic acids is 1. The second kappa shape index (κ2) is 8.80. The molecule has 0 unspecified atom stereocenters. The number of carbonyl (C=O) groups is 1. The molecule has 0 fully saturated rings. The molecule has 0 aliphatic heterocycles. The van der Waals surface area contributed by atoms with Crippen molar-refractivity contribution in [1.29, 1.82) is 0 Å². The van der Waals surface area contributed by atoms with Crippen LogP contribution in [0.1, 0.15) is 38.1 Å². The number of para-hydroxylation sites is 1. The number of fused-ring (bicyclic) bond motifs is 1. The Labute approximate surface area is 164 Å². The summed E-state index contributed by atoms with van der Waals surface area (Å²) in [7, 11) is 0. The Balaban J connectivity index is 1.65. The molecule has 0 saturated carbocycles. The lowest BCUT2D eigenvalue weighted by atomic mass is 10.0. The molecular formula is C22H26N4O2. The molecule has 0 saturated heterocycles. The smallest absolute Gasteiger partial charge is 0.258 e. The van der Waals surface area contributed by atoms with Gasteiger partial charge in [0.1, 0.15) is 5.82 Å². The first kappa shape index (κ1) is 19.8. The van der Waals surface area contributed by atoms with Crippen LogP contribution < -0.4 is 10.9 Å². The van der Waals surface area contributed by atoms with Gasteiger partial charge in [0.25, 0.3) is 5.56 Å². The number of anilines is 1. The van der Waals surface area contributed by atoms with Crippen molar-refractivity contribution >= 4 is 22.5 Å². The van der Waals surface area contributed by atoms with Gasteiger partial charge in [0.2, 0.25) is 5.91 Å². The van der Waals surface area contributed by atoms with Crippen LogP contribution in [0.2, 0.25) is 0 Å². The Hall–Kier alpha value is -2.99. The molecule has 1 heterocycles. The molecule has 6 nitrogen and oxygen atoms in total. The minimum atomic E-state index is -0.161. The number of hydrogen-bond donors (Lipinski definition) is 2. The first-order valence-corrected chi connectivity index (χ1v) is 9.56. The molecular weight excluding hydrogens is 352 g/mol. The lowest BCUT2D eigenvalue weighted by Gasteiger charge is -2.19. The van der Waals surface area contributed by atoms with E-state index >= 15 is 0 Å². The zero-order valence-electron chi connectivity index (χ0n) is 16.5. The standard InChI is InChI=1S/C22H26N4O2/c1-4-26(13-20-24-19-8-6-5-7-18(19)22(28)25-20)14-21(27)23-17-11-9-16(10-12-17)15(2)3/h5-12,15H,4,13-14H2,1-3H3,(H,23,27)(H,24,25,28). The zero-order chi connectivity index (χ0) is 20.1. The van der Waals surface area contributed by atoms with E-state index in [-0.39, 0.29) is 18.0 Å². The summed E-state index contributed by atoms with van der Waals surface area (Å²) in [4.78, 5) is 33.9. The summed E-state index contributed by atoms with van der Waals surface area (Å²) >= 11 is 0. The number of amides is 1. The van der Waals surface area contributed by atoms with Gasteiger partial charge in [0.05, 0.1) is 24.0 Å². The number of benzene rings is 2. The fraction of sp³-hybridized carbons (Fsp3) is 0.318. The molecule has 0 aliphatic carbocycles. The largest absolute Gasteiger partial charge is 0.325 e. The van der Waals surface area contributed by atoms with Crippen molar-refractivity contribution in [3.05, 3.63) is 70.3 Å². The van der Waals surface area contributed by atoms with Crippen molar-refractivity contribution in [1.82, 2.24) is 14.9 Å². The fourth-order valence-electron chi connectivity index (χ4n) is 3.06. The van der Waals surface area contributed by atoms with E-state index in [1.165, 1.54) is 5.56 Å². The van der Waals surface area contributed by atoms with E-state index in [9.17, 15) is 9.59 Å². The Kier molecular flexibility index (Phi) is 6.21. The maximum Gasteiger partial charge on any atom is 0.258 e. The van der Waals surface area contributed by atoms with Crippen LogP contribution in [0.4, 0.5) is 5.69 Å². The topological polar surface area (TPSA) is 78.1 Å². The number of aromatic nitrogens is 2. The van der Waals surface area contributed by atoms with Crippen molar-refractivity contribution < 1.29 is 4.79 Å². The summed E-state index contributed by atoms with van der Waals surface area (Å²) in [5, 5.41) is 3.49. The average Bonchev–Trinajstić information content (AvgIpc) is 2.68. The quantitative estimate of drug-likeness (QED) is 0.659. The number of aromatic amines is 1.